The first-order valence-corrected chi connectivity index (χ1v) is 24.4. The van der Waals surface area contributed by atoms with Gasteiger partial charge in [0.05, 0.1) is 25.7 Å². The Morgan fingerprint density at radius 2 is 1.15 bits per heavy atom. The van der Waals surface area contributed by atoms with E-state index >= 15 is 0 Å². The summed E-state index contributed by atoms with van der Waals surface area (Å²) >= 11 is 0. The molecule has 0 radical (unpaired) electrons. The average molecular weight is 949 g/mol. The minimum absolute atomic E-state index is 0.0410. The van der Waals surface area contributed by atoms with Gasteiger partial charge in [0.1, 0.15) is 11.5 Å². The maximum atomic E-state index is 11.4. The molecule has 6 aromatic heterocycles. The maximum Gasteiger partial charge on any atom is 0.259 e. The van der Waals surface area contributed by atoms with Crippen LogP contribution in [-0.2, 0) is 22.7 Å². The summed E-state index contributed by atoms with van der Waals surface area (Å²) in [6.45, 7) is 10.2. The van der Waals surface area contributed by atoms with Crippen molar-refractivity contribution >= 4 is 39.2 Å². The fourth-order valence-corrected chi connectivity index (χ4v) is 7.52. The van der Waals surface area contributed by atoms with Gasteiger partial charge in [0, 0.05) is 25.9 Å². The van der Waals surface area contributed by atoms with Crippen molar-refractivity contribution in [3.05, 3.63) is 96.4 Å². The largest absolute Gasteiger partial charge is 0.494 e. The molecule has 2 aliphatic heterocycles. The van der Waals surface area contributed by atoms with Crippen LogP contribution in [0.2, 0.25) is 0 Å². The summed E-state index contributed by atoms with van der Waals surface area (Å²) in [6.07, 6.45) is 10.7. The Hall–Kier alpha value is -7.21. The van der Waals surface area contributed by atoms with Crippen molar-refractivity contribution in [2.24, 2.45) is 5.73 Å². The van der Waals surface area contributed by atoms with E-state index in [1.165, 1.54) is 67.5 Å². The summed E-state index contributed by atoms with van der Waals surface area (Å²) in [5, 5.41) is 11.2. The highest BCUT2D eigenvalue weighted by Crippen LogP contribution is 2.20. The van der Waals surface area contributed by atoms with Crippen LogP contribution in [0.1, 0.15) is 36.8 Å². The molecule has 22 nitrogen and oxygen atoms in total. The van der Waals surface area contributed by atoms with Gasteiger partial charge >= 0.3 is 0 Å². The lowest BCUT2D eigenvalue weighted by Crippen LogP contribution is -2.38. The smallest absolute Gasteiger partial charge is 0.259 e. The molecule has 2 saturated heterocycles. The van der Waals surface area contributed by atoms with Gasteiger partial charge in [-0.05, 0) is 131 Å². The van der Waals surface area contributed by atoms with Gasteiger partial charge in [-0.3, -0.25) is 0 Å². The van der Waals surface area contributed by atoms with Crippen LogP contribution in [0.25, 0.3) is 34.7 Å². The summed E-state index contributed by atoms with van der Waals surface area (Å²) in [5.41, 5.74) is 19.6. The Labute approximate surface area is 392 Å². The van der Waals surface area contributed by atoms with E-state index in [9.17, 15) is 8.42 Å². The van der Waals surface area contributed by atoms with Crippen molar-refractivity contribution in [3.63, 3.8) is 0 Å². The standard InChI is InChI=1S/C22H26N8O2.C14H22N2O.C9H8N6O3S/c23-20-26-21(27-22-25-19(28-30(20)22)18-4-1-14-32-18)24-10-9-16-5-7-17(8-6-16)31-15-3-13-29-11-2-12-29;15-8-7-13-3-5-14(6-4-13)17-12-2-11-16-9-1-10-16;1-19(16,17)9-12-7(10)15-8(13-9)11-6(14-15)5-3-2-4-18-5/h1,4-8,14H,2-3,9-13,15H2,(H3,23,24,25,26,27,28);3-6H,1-2,7-12,15H2;2-4H,1H3,(H2,10,11,12,13,14). The molecule has 0 bridgehead atoms. The van der Waals surface area contributed by atoms with Crippen LogP contribution >= 0.6 is 0 Å². The number of nitrogens with one attached hydrogen (secondary N) is 1. The lowest BCUT2D eigenvalue weighted by atomic mass is 10.1. The zero-order valence-corrected chi connectivity index (χ0v) is 38.7. The van der Waals surface area contributed by atoms with E-state index in [4.69, 9.17) is 35.5 Å². The van der Waals surface area contributed by atoms with Crippen molar-refractivity contribution in [1.29, 1.82) is 0 Å². The summed E-state index contributed by atoms with van der Waals surface area (Å²) in [5.74, 6) is 4.41. The van der Waals surface area contributed by atoms with Gasteiger partial charge in [-0.25, -0.2) is 8.42 Å². The quantitative estimate of drug-likeness (QED) is 0.0836. The van der Waals surface area contributed by atoms with Gasteiger partial charge in [0.15, 0.2) is 11.5 Å². The molecule has 8 heterocycles. The lowest BCUT2D eigenvalue weighted by Gasteiger charge is -2.30. The third-order valence-electron chi connectivity index (χ3n) is 10.9. The SMILES string of the molecule is CS(=O)(=O)c1nc(N)n2nc(-c3ccco3)nc2n1.NCCc1ccc(OCCCN2CCC2)cc1.Nc1nc(NCCc2ccc(OCCCN3CCC3)cc2)nc2nc(-c3ccco3)nn12. The van der Waals surface area contributed by atoms with Gasteiger partial charge in [-0.2, -0.15) is 38.9 Å². The number of hydrogen-bond acceptors (Lipinski definition) is 20. The second-order valence-corrected chi connectivity index (χ2v) is 18.0. The first-order valence-electron chi connectivity index (χ1n) is 22.5. The Kier molecular flexibility index (Phi) is 15.7. The predicted octanol–water partition coefficient (Wildman–Crippen LogP) is 3.92. The van der Waals surface area contributed by atoms with Gasteiger partial charge in [-0.1, -0.05) is 24.3 Å². The summed E-state index contributed by atoms with van der Waals surface area (Å²) < 4.78 is 47.4. The van der Waals surface area contributed by atoms with E-state index < -0.39 is 15.0 Å². The van der Waals surface area contributed by atoms with E-state index in [0.717, 1.165) is 67.7 Å². The Bertz CT molecular complexity index is 2920. The number of fused-ring (bicyclic) bond motifs is 2. The zero-order chi connectivity index (χ0) is 47.3. The van der Waals surface area contributed by atoms with Crippen LogP contribution in [0.4, 0.5) is 17.8 Å². The van der Waals surface area contributed by atoms with Crippen LogP contribution in [0.15, 0.2) is 99.3 Å². The van der Waals surface area contributed by atoms with Crippen molar-refractivity contribution in [3.8, 4) is 34.7 Å². The molecule has 8 aromatic rings. The maximum absolute atomic E-state index is 11.4. The monoisotopic (exact) mass is 948 g/mol. The highest BCUT2D eigenvalue weighted by atomic mass is 32.2. The van der Waals surface area contributed by atoms with Crippen molar-refractivity contribution in [2.45, 2.75) is 43.7 Å². The van der Waals surface area contributed by atoms with Crippen LogP contribution in [0, 0.1) is 0 Å². The van der Waals surface area contributed by atoms with Crippen LogP contribution in [0.5, 0.6) is 11.5 Å². The molecule has 0 saturated carbocycles. The molecule has 0 atom stereocenters. The van der Waals surface area contributed by atoms with Crippen LogP contribution < -0.4 is 32.0 Å². The molecule has 7 N–H and O–H groups in total. The van der Waals surface area contributed by atoms with E-state index in [1.807, 2.05) is 24.3 Å². The number of hydrogen-bond donors (Lipinski definition) is 4. The molecule has 2 aromatic carbocycles. The van der Waals surface area contributed by atoms with E-state index in [0.29, 0.717) is 42.2 Å². The zero-order valence-electron chi connectivity index (χ0n) is 37.9. The second-order valence-electron chi connectivity index (χ2n) is 16.1. The molecule has 68 heavy (non-hydrogen) atoms. The minimum atomic E-state index is -3.57. The molecular weight excluding hydrogens is 893 g/mol. The normalized spacial score (nSPS) is 13.8. The van der Waals surface area contributed by atoms with Crippen molar-refractivity contribution < 1.29 is 26.7 Å². The van der Waals surface area contributed by atoms with Gasteiger partial charge in [0.2, 0.25) is 39.3 Å². The summed E-state index contributed by atoms with van der Waals surface area (Å²) in [4.78, 5) is 29.5. The number of aromatic nitrogens is 10. The summed E-state index contributed by atoms with van der Waals surface area (Å²) in [6, 6.07) is 23.4. The molecule has 2 aliphatic rings. The molecule has 23 heteroatoms. The number of nitrogens with zero attached hydrogens (tertiary/aromatic N) is 12. The third-order valence-corrected chi connectivity index (χ3v) is 11.8. The van der Waals surface area contributed by atoms with Crippen molar-refractivity contribution in [2.75, 3.05) is 88.6 Å². The van der Waals surface area contributed by atoms with Gasteiger partial charge in [-0.15, -0.1) is 10.2 Å². The van der Waals surface area contributed by atoms with E-state index in [-0.39, 0.29) is 23.5 Å². The van der Waals surface area contributed by atoms with E-state index in [2.05, 4.69) is 79.5 Å². The third kappa shape index (κ3) is 12.8. The van der Waals surface area contributed by atoms with Gasteiger partial charge < -0.3 is 50.6 Å². The minimum Gasteiger partial charge on any atom is -0.494 e. The predicted molar refractivity (Wildman–Crippen MR) is 255 cm³/mol. The average Bonchev–Trinajstić information content (AvgIpc) is 4.14. The van der Waals surface area contributed by atoms with Crippen molar-refractivity contribution in [1.82, 2.24) is 58.9 Å². The topological polar surface area (TPSA) is 287 Å². The number of furan rings is 2. The Morgan fingerprint density at radius 1 is 0.647 bits per heavy atom. The first kappa shape index (κ1) is 47.3. The molecule has 2 fully saturated rings. The lowest BCUT2D eigenvalue weighted by molar-refractivity contribution is 0.165. The molecule has 0 aliphatic carbocycles. The van der Waals surface area contributed by atoms with E-state index in [1.54, 1.807) is 30.5 Å². The Morgan fingerprint density at radius 3 is 1.60 bits per heavy atom. The van der Waals surface area contributed by atoms with Crippen LogP contribution in [-0.4, -0.2) is 139 Å². The van der Waals surface area contributed by atoms with Gasteiger partial charge in [0.25, 0.3) is 16.7 Å². The van der Waals surface area contributed by atoms with Crippen LogP contribution in [0.3, 0.4) is 0 Å². The number of ether oxygens (including phenoxy) is 2. The summed E-state index contributed by atoms with van der Waals surface area (Å²) in [7, 11) is -3.57. The fourth-order valence-electron chi connectivity index (χ4n) is 7.01. The number of anilines is 3. The number of nitrogen functional groups attached to an aromatic ring is 2. The molecule has 10 rings (SSSR count). The highest BCUT2D eigenvalue weighted by Gasteiger charge is 2.19. The number of nitrogens with two attached hydrogens (primary N) is 3. The second kappa shape index (κ2) is 22.5. The Balaban J connectivity index is 0.000000148. The fraction of sp³-hybridized carbons (Fsp3) is 0.378. The number of sulfone groups is 1. The molecular formula is C45H56N16O6S. The number of likely N-dealkylation sites (tertiary alicyclic amines) is 2. The first-order chi connectivity index (χ1) is 33.1. The number of benzene rings is 2. The molecule has 0 amide bonds. The molecule has 0 spiro atoms. The molecule has 0 unspecified atom stereocenters. The molecule has 358 valence electrons. The number of rotatable bonds is 19. The highest BCUT2D eigenvalue weighted by molar-refractivity contribution is 7.90.